The molecule has 0 radical (unpaired) electrons. The Labute approximate surface area is 183 Å². The van der Waals surface area contributed by atoms with Crippen LogP contribution in [0.5, 0.6) is 0 Å². The Morgan fingerprint density at radius 1 is 1.16 bits per heavy atom. The van der Waals surface area contributed by atoms with Crippen LogP contribution in [-0.4, -0.2) is 61.3 Å². The first-order valence-corrected chi connectivity index (χ1v) is 12.2. The Kier molecular flexibility index (Phi) is 6.15. The van der Waals surface area contributed by atoms with Gasteiger partial charge in [0.05, 0.1) is 16.8 Å². The second kappa shape index (κ2) is 8.69. The predicted octanol–water partition coefficient (Wildman–Crippen LogP) is 3.19. The molecule has 0 spiro atoms. The molecule has 1 saturated carbocycles. The molecule has 7 nitrogen and oxygen atoms in total. The summed E-state index contributed by atoms with van der Waals surface area (Å²) < 4.78 is 43.6. The minimum absolute atomic E-state index is 0.0667. The number of pyridine rings is 1. The minimum Gasteiger partial charge on any atom is -0.367 e. The molecule has 2 fully saturated rings. The number of halogens is 1. The summed E-state index contributed by atoms with van der Waals surface area (Å²) >= 11 is 0. The van der Waals surface area contributed by atoms with Gasteiger partial charge in [-0.2, -0.15) is 22.3 Å². The van der Waals surface area contributed by atoms with Crippen LogP contribution in [0.3, 0.4) is 0 Å². The Morgan fingerprint density at radius 3 is 2.48 bits per heavy atom. The number of aryl methyl sites for hydroxylation is 1. The molecule has 9 heteroatoms. The van der Waals surface area contributed by atoms with Crippen molar-refractivity contribution in [3.05, 3.63) is 35.3 Å². The van der Waals surface area contributed by atoms with Gasteiger partial charge in [-0.3, -0.25) is 4.98 Å². The van der Waals surface area contributed by atoms with Crippen molar-refractivity contribution in [3.63, 3.8) is 0 Å². The van der Waals surface area contributed by atoms with E-state index in [1.807, 2.05) is 4.90 Å². The average Bonchev–Trinajstić information content (AvgIpc) is 2.78. The number of hydrogen-bond acceptors (Lipinski definition) is 5. The van der Waals surface area contributed by atoms with Crippen molar-refractivity contribution in [3.8, 4) is 6.07 Å². The molecule has 1 aromatic heterocycles. The minimum atomic E-state index is -3.54. The van der Waals surface area contributed by atoms with E-state index in [4.69, 9.17) is 0 Å². The molecule has 0 bridgehead atoms. The van der Waals surface area contributed by atoms with E-state index < -0.39 is 10.2 Å². The monoisotopic (exact) mass is 445 g/mol. The topological polar surface area (TPSA) is 80.5 Å². The number of rotatable bonds is 4. The van der Waals surface area contributed by atoms with Gasteiger partial charge in [0.25, 0.3) is 10.2 Å². The highest BCUT2D eigenvalue weighted by atomic mass is 32.2. The number of nitriles is 1. The Hall–Kier alpha value is -2.28. The summed E-state index contributed by atoms with van der Waals surface area (Å²) in [5.41, 5.74) is 2.36. The van der Waals surface area contributed by atoms with E-state index in [9.17, 15) is 18.1 Å². The van der Waals surface area contributed by atoms with E-state index in [2.05, 4.69) is 11.1 Å². The average molecular weight is 446 g/mol. The molecular weight excluding hydrogens is 417 g/mol. The smallest absolute Gasteiger partial charge is 0.282 e. The molecule has 2 aromatic rings. The first-order chi connectivity index (χ1) is 14.8. The number of nitrogens with zero attached hydrogens (tertiary/aromatic N) is 5. The van der Waals surface area contributed by atoms with Crippen LogP contribution < -0.4 is 4.90 Å². The van der Waals surface area contributed by atoms with Crippen LogP contribution in [0.25, 0.3) is 10.9 Å². The molecule has 2 aliphatic rings. The van der Waals surface area contributed by atoms with Crippen molar-refractivity contribution in [1.82, 2.24) is 13.6 Å². The van der Waals surface area contributed by atoms with Crippen LogP contribution in [0.15, 0.2) is 18.3 Å². The lowest BCUT2D eigenvalue weighted by atomic mass is 9.96. The maximum atomic E-state index is 14.1. The Bertz CT molecular complexity index is 1120. The zero-order valence-electron chi connectivity index (χ0n) is 18.0. The van der Waals surface area contributed by atoms with Crippen molar-refractivity contribution in [2.24, 2.45) is 0 Å². The van der Waals surface area contributed by atoms with Crippen molar-refractivity contribution in [1.29, 1.82) is 5.26 Å². The van der Waals surface area contributed by atoms with E-state index >= 15 is 0 Å². The van der Waals surface area contributed by atoms with Gasteiger partial charge >= 0.3 is 0 Å². The number of piperazine rings is 1. The standard InChI is InChI=1S/C22H28FN5O2S/c1-16-12-18(23)13-20-21(16)25-15-17(14-24)22(20)27-8-10-28(11-9-27)31(29,30)26(2)19-6-4-3-5-7-19/h12-13,15,19H,3-11H2,1-2H3. The Balaban J connectivity index is 1.58. The van der Waals surface area contributed by atoms with Gasteiger partial charge in [-0.1, -0.05) is 19.3 Å². The summed E-state index contributed by atoms with van der Waals surface area (Å²) in [4.78, 5) is 6.33. The quantitative estimate of drug-likeness (QED) is 0.722. The number of hydrogen-bond donors (Lipinski definition) is 0. The van der Waals surface area contributed by atoms with E-state index in [1.54, 1.807) is 18.3 Å². The second-order valence-corrected chi connectivity index (χ2v) is 10.4. The third kappa shape index (κ3) is 4.12. The summed E-state index contributed by atoms with van der Waals surface area (Å²) in [5.74, 6) is -0.376. The number of aromatic nitrogens is 1. The maximum Gasteiger partial charge on any atom is 0.282 e. The SMILES string of the molecule is Cc1cc(F)cc2c(N3CCN(S(=O)(=O)N(C)C4CCCCC4)CC3)c(C#N)cnc12. The summed E-state index contributed by atoms with van der Waals surface area (Å²) in [6, 6.07) is 5.06. The maximum absolute atomic E-state index is 14.1. The van der Waals surface area contributed by atoms with Crippen molar-refractivity contribution in [2.45, 2.75) is 45.1 Å². The zero-order chi connectivity index (χ0) is 22.2. The predicted molar refractivity (Wildman–Crippen MR) is 118 cm³/mol. The van der Waals surface area contributed by atoms with Gasteiger partial charge in [0.1, 0.15) is 11.9 Å². The van der Waals surface area contributed by atoms with E-state index in [-0.39, 0.29) is 11.9 Å². The van der Waals surface area contributed by atoms with E-state index in [0.717, 1.165) is 25.7 Å². The van der Waals surface area contributed by atoms with E-state index in [0.29, 0.717) is 53.9 Å². The molecule has 0 amide bonds. The van der Waals surface area contributed by atoms with Gasteiger partial charge in [0.15, 0.2) is 0 Å². The van der Waals surface area contributed by atoms with Crippen LogP contribution in [-0.2, 0) is 10.2 Å². The third-order valence-corrected chi connectivity index (χ3v) is 8.60. The van der Waals surface area contributed by atoms with Gasteiger partial charge in [-0.15, -0.1) is 0 Å². The molecule has 0 unspecified atom stereocenters. The van der Waals surface area contributed by atoms with Crippen LogP contribution >= 0.6 is 0 Å². The largest absolute Gasteiger partial charge is 0.367 e. The molecule has 1 aliphatic carbocycles. The van der Waals surface area contributed by atoms with Crippen molar-refractivity contribution < 1.29 is 12.8 Å². The number of fused-ring (bicyclic) bond motifs is 1. The van der Waals surface area contributed by atoms with Gasteiger partial charge in [-0.25, -0.2) is 4.39 Å². The van der Waals surface area contributed by atoms with Crippen LogP contribution in [0.2, 0.25) is 0 Å². The third-order valence-electron chi connectivity index (χ3n) is 6.55. The second-order valence-electron chi connectivity index (χ2n) is 8.45. The number of benzene rings is 1. The fraction of sp³-hybridized carbons (Fsp3) is 0.545. The summed E-state index contributed by atoms with van der Waals surface area (Å²) in [6.07, 6.45) is 6.65. The lowest BCUT2D eigenvalue weighted by molar-refractivity contribution is 0.259. The van der Waals surface area contributed by atoms with Gasteiger partial charge in [-0.05, 0) is 37.5 Å². The molecule has 0 atom stereocenters. The molecule has 1 aliphatic heterocycles. The highest BCUT2D eigenvalue weighted by Gasteiger charge is 2.35. The first kappa shape index (κ1) is 21.9. The van der Waals surface area contributed by atoms with Crippen LogP contribution in [0.4, 0.5) is 10.1 Å². The van der Waals surface area contributed by atoms with Crippen LogP contribution in [0, 0.1) is 24.1 Å². The highest BCUT2D eigenvalue weighted by Crippen LogP contribution is 2.33. The van der Waals surface area contributed by atoms with Crippen LogP contribution in [0.1, 0.15) is 43.2 Å². The molecule has 1 saturated heterocycles. The molecule has 31 heavy (non-hydrogen) atoms. The molecular formula is C22H28FN5O2S. The van der Waals surface area contributed by atoms with Gasteiger partial charge < -0.3 is 4.90 Å². The molecule has 166 valence electrons. The molecule has 0 N–H and O–H groups in total. The normalized spacial score (nSPS) is 19.1. The fourth-order valence-electron chi connectivity index (χ4n) is 4.80. The van der Waals surface area contributed by atoms with Gasteiger partial charge in [0, 0.05) is 50.9 Å². The highest BCUT2D eigenvalue weighted by molar-refractivity contribution is 7.86. The van der Waals surface area contributed by atoms with E-state index in [1.165, 1.54) is 29.1 Å². The van der Waals surface area contributed by atoms with Gasteiger partial charge in [0.2, 0.25) is 0 Å². The fourth-order valence-corrected chi connectivity index (χ4v) is 6.38. The first-order valence-electron chi connectivity index (χ1n) is 10.8. The molecule has 4 rings (SSSR count). The number of anilines is 1. The molecule has 1 aromatic carbocycles. The lowest BCUT2D eigenvalue weighted by Gasteiger charge is -2.39. The zero-order valence-corrected chi connectivity index (χ0v) is 18.8. The summed E-state index contributed by atoms with van der Waals surface area (Å²) in [7, 11) is -1.85. The Morgan fingerprint density at radius 2 is 1.84 bits per heavy atom. The lowest BCUT2D eigenvalue weighted by Crippen LogP contribution is -2.54. The summed E-state index contributed by atoms with van der Waals surface area (Å²) in [6.45, 7) is 3.30. The van der Waals surface area contributed by atoms with Crippen molar-refractivity contribution >= 4 is 26.8 Å². The summed E-state index contributed by atoms with van der Waals surface area (Å²) in [5, 5.41) is 10.2. The van der Waals surface area contributed by atoms with Crippen molar-refractivity contribution in [2.75, 3.05) is 38.1 Å². The molecule has 2 heterocycles.